The van der Waals surface area contributed by atoms with Gasteiger partial charge in [0.15, 0.2) is 5.82 Å². The Bertz CT molecular complexity index is 2160. The van der Waals surface area contributed by atoms with E-state index in [-0.39, 0.29) is 49.9 Å². The number of hydrogen-bond donors (Lipinski definition) is 4. The predicted octanol–water partition coefficient (Wildman–Crippen LogP) is 3.99. The third kappa shape index (κ3) is 6.68. The van der Waals surface area contributed by atoms with Crippen LogP contribution in [-0.4, -0.2) is 67.5 Å². The Labute approximate surface area is 308 Å². The average molecular weight is 742 g/mol. The summed E-state index contributed by atoms with van der Waals surface area (Å²) in [6, 6.07) is 11.4. The number of imide groups is 1. The van der Waals surface area contributed by atoms with Crippen molar-refractivity contribution < 1.29 is 24.0 Å². The molecule has 1 saturated heterocycles. The van der Waals surface area contributed by atoms with Crippen molar-refractivity contribution in [3.05, 3.63) is 91.8 Å². The molecule has 3 aliphatic heterocycles. The first-order valence-corrected chi connectivity index (χ1v) is 18.1. The number of piperidine rings is 1. The SMILES string of the molecule is Cc1sc2c(c1C)C(c1ccc(Cl)cc1)=N[C@@H](CC(=O)NNC(=O)CCCNc1cccc3c1CN(C1CCC(=O)NC1=O)C3=O)c1nnc(C)n1-2. The van der Waals surface area contributed by atoms with E-state index in [1.807, 2.05) is 41.8 Å². The minimum Gasteiger partial charge on any atom is -0.385 e. The molecule has 0 radical (unpaired) electrons. The van der Waals surface area contributed by atoms with Gasteiger partial charge in [0.25, 0.3) is 5.91 Å². The zero-order chi connectivity index (χ0) is 36.7. The van der Waals surface area contributed by atoms with Crippen LogP contribution in [0.5, 0.6) is 0 Å². The number of aliphatic imine (C=N–C) groups is 1. The highest BCUT2D eigenvalue weighted by molar-refractivity contribution is 7.15. The van der Waals surface area contributed by atoms with Crippen LogP contribution in [0.15, 0.2) is 47.5 Å². The largest absolute Gasteiger partial charge is 0.385 e. The van der Waals surface area contributed by atoms with Crippen molar-refractivity contribution in [2.24, 2.45) is 4.99 Å². The molecule has 16 heteroatoms. The summed E-state index contributed by atoms with van der Waals surface area (Å²) in [7, 11) is 0. The fourth-order valence-electron chi connectivity index (χ4n) is 6.78. The number of rotatable bonds is 9. The molecule has 2 aromatic heterocycles. The summed E-state index contributed by atoms with van der Waals surface area (Å²) >= 11 is 7.82. The standard InChI is InChI=1S/C36H36ClN9O5S/c1-18-19(2)52-36-31(18)32(21-9-11-22(37)12-10-21)39-26(33-44-41-20(3)46(33)36)16-30(49)43-42-29(48)8-5-15-38-25-7-4-6-23-24(25)17-45(35(23)51)27-13-14-28(47)40-34(27)50/h4,6-7,9-12,26-27,38H,5,8,13-17H2,1-3H3,(H,42,48)(H,43,49)(H,40,47,50)/t26-,27?/m0/s1. The topological polar surface area (TPSA) is 180 Å². The van der Waals surface area contributed by atoms with Crippen LogP contribution in [0.25, 0.3) is 5.00 Å². The molecule has 5 amide bonds. The van der Waals surface area contributed by atoms with Crippen molar-refractivity contribution in [3.63, 3.8) is 0 Å². The van der Waals surface area contributed by atoms with Crippen molar-refractivity contribution in [2.45, 2.75) is 71.5 Å². The highest BCUT2D eigenvalue weighted by Crippen LogP contribution is 2.39. The Morgan fingerprint density at radius 1 is 1.02 bits per heavy atom. The van der Waals surface area contributed by atoms with Crippen LogP contribution in [-0.2, 0) is 25.7 Å². The predicted molar refractivity (Wildman–Crippen MR) is 194 cm³/mol. The van der Waals surface area contributed by atoms with Gasteiger partial charge in [0.05, 0.1) is 12.1 Å². The Morgan fingerprint density at radius 2 is 1.79 bits per heavy atom. The lowest BCUT2D eigenvalue weighted by atomic mass is 9.99. The molecule has 0 saturated carbocycles. The van der Waals surface area contributed by atoms with E-state index in [9.17, 15) is 24.0 Å². The van der Waals surface area contributed by atoms with Crippen molar-refractivity contribution in [3.8, 4) is 5.00 Å². The summed E-state index contributed by atoms with van der Waals surface area (Å²) in [4.78, 5) is 70.8. The number of aryl methyl sites for hydroxylation is 2. The summed E-state index contributed by atoms with van der Waals surface area (Å²) in [5.74, 6) is -0.651. The number of anilines is 1. The molecule has 268 valence electrons. The third-order valence-corrected chi connectivity index (χ3v) is 11.0. The van der Waals surface area contributed by atoms with Gasteiger partial charge in [-0.2, -0.15) is 0 Å². The van der Waals surface area contributed by atoms with E-state index >= 15 is 0 Å². The number of hydrazine groups is 1. The van der Waals surface area contributed by atoms with Crippen molar-refractivity contribution in [1.29, 1.82) is 0 Å². The molecule has 1 fully saturated rings. The number of nitrogens with zero attached hydrogens (tertiary/aromatic N) is 5. The number of aromatic nitrogens is 3. The molecule has 0 spiro atoms. The maximum atomic E-state index is 13.2. The van der Waals surface area contributed by atoms with Gasteiger partial charge in [-0.05, 0) is 63.4 Å². The van der Waals surface area contributed by atoms with E-state index in [1.165, 1.54) is 4.90 Å². The minimum atomic E-state index is -0.700. The molecule has 4 aromatic rings. The first-order valence-electron chi connectivity index (χ1n) is 16.9. The molecule has 0 bridgehead atoms. The number of halogens is 1. The summed E-state index contributed by atoms with van der Waals surface area (Å²) in [5.41, 5.74) is 10.7. The fourth-order valence-corrected chi connectivity index (χ4v) is 8.12. The quantitative estimate of drug-likeness (QED) is 0.113. The number of amides is 5. The monoisotopic (exact) mass is 741 g/mol. The van der Waals surface area contributed by atoms with Gasteiger partial charge in [-0.25, -0.2) is 0 Å². The van der Waals surface area contributed by atoms with Crippen LogP contribution in [0.4, 0.5) is 5.69 Å². The third-order valence-electron chi connectivity index (χ3n) is 9.56. The molecule has 52 heavy (non-hydrogen) atoms. The molecular weight excluding hydrogens is 706 g/mol. The summed E-state index contributed by atoms with van der Waals surface area (Å²) in [5, 5.41) is 15.9. The van der Waals surface area contributed by atoms with Gasteiger partial charge < -0.3 is 10.2 Å². The number of hydrogen-bond acceptors (Lipinski definition) is 10. The number of benzene rings is 2. The van der Waals surface area contributed by atoms with Gasteiger partial charge in [-0.3, -0.25) is 49.7 Å². The Balaban J connectivity index is 0.959. The lowest BCUT2D eigenvalue weighted by molar-refractivity contribution is -0.137. The van der Waals surface area contributed by atoms with E-state index in [0.29, 0.717) is 35.2 Å². The van der Waals surface area contributed by atoms with Crippen LogP contribution in [0, 0.1) is 20.8 Å². The smallest absolute Gasteiger partial charge is 0.255 e. The van der Waals surface area contributed by atoms with Crippen LogP contribution < -0.4 is 21.5 Å². The Hall–Kier alpha value is -5.41. The molecule has 4 N–H and O–H groups in total. The van der Waals surface area contributed by atoms with Gasteiger partial charge in [-0.15, -0.1) is 21.5 Å². The lowest BCUT2D eigenvalue weighted by Gasteiger charge is -2.29. The second-order valence-corrected chi connectivity index (χ2v) is 14.6. The zero-order valence-electron chi connectivity index (χ0n) is 28.7. The average Bonchev–Trinajstić information content (AvgIpc) is 3.73. The van der Waals surface area contributed by atoms with Gasteiger partial charge in [0.1, 0.15) is 22.9 Å². The van der Waals surface area contributed by atoms with Gasteiger partial charge >= 0.3 is 0 Å². The van der Waals surface area contributed by atoms with Crippen LogP contribution in [0.3, 0.4) is 0 Å². The maximum absolute atomic E-state index is 13.2. The zero-order valence-corrected chi connectivity index (χ0v) is 30.3. The number of fused-ring (bicyclic) bond motifs is 4. The van der Waals surface area contributed by atoms with E-state index in [0.717, 1.165) is 43.5 Å². The van der Waals surface area contributed by atoms with Gasteiger partial charge in [0.2, 0.25) is 23.6 Å². The van der Waals surface area contributed by atoms with Crippen molar-refractivity contribution >= 4 is 63.9 Å². The van der Waals surface area contributed by atoms with E-state index in [1.54, 1.807) is 23.5 Å². The summed E-state index contributed by atoms with van der Waals surface area (Å²) < 4.78 is 1.96. The molecule has 2 atom stereocenters. The summed E-state index contributed by atoms with van der Waals surface area (Å²) in [6.07, 6.45) is 0.947. The molecule has 14 nitrogen and oxygen atoms in total. The van der Waals surface area contributed by atoms with E-state index in [2.05, 4.69) is 45.5 Å². The second-order valence-electron chi connectivity index (χ2n) is 13.0. The fraction of sp³-hybridized carbons (Fsp3) is 0.333. The molecule has 7 rings (SSSR count). The van der Waals surface area contributed by atoms with Gasteiger partial charge in [0, 0.05) is 63.8 Å². The van der Waals surface area contributed by atoms with Crippen molar-refractivity contribution in [2.75, 3.05) is 11.9 Å². The number of nitrogens with one attached hydrogen (secondary N) is 4. The van der Waals surface area contributed by atoms with Crippen molar-refractivity contribution in [1.82, 2.24) is 35.8 Å². The molecule has 5 heterocycles. The first kappa shape index (κ1) is 35.0. The molecule has 3 aliphatic rings. The Kier molecular flexibility index (Phi) is 9.63. The molecule has 1 unspecified atom stereocenters. The number of thiophene rings is 1. The highest BCUT2D eigenvalue weighted by Gasteiger charge is 2.40. The Morgan fingerprint density at radius 3 is 2.56 bits per heavy atom. The van der Waals surface area contributed by atoms with E-state index in [4.69, 9.17) is 16.6 Å². The normalized spacial score (nSPS) is 17.8. The molecule has 2 aromatic carbocycles. The molecular formula is C36H36ClN9O5S. The maximum Gasteiger partial charge on any atom is 0.255 e. The van der Waals surface area contributed by atoms with Crippen LogP contribution >= 0.6 is 22.9 Å². The van der Waals surface area contributed by atoms with Crippen LogP contribution in [0.1, 0.15) is 87.3 Å². The van der Waals surface area contributed by atoms with Gasteiger partial charge in [-0.1, -0.05) is 29.8 Å². The molecule has 0 aliphatic carbocycles. The number of carbonyl (C=O) groups is 5. The van der Waals surface area contributed by atoms with E-state index < -0.39 is 23.9 Å². The first-order chi connectivity index (χ1) is 25.0. The van der Waals surface area contributed by atoms with Crippen LogP contribution in [0.2, 0.25) is 5.02 Å². The second kappa shape index (κ2) is 14.3. The minimum absolute atomic E-state index is 0.0856. The number of carbonyl (C=O) groups excluding carboxylic acids is 5. The lowest BCUT2D eigenvalue weighted by Crippen LogP contribution is -2.52. The highest BCUT2D eigenvalue weighted by atomic mass is 35.5. The summed E-state index contributed by atoms with van der Waals surface area (Å²) in [6.45, 7) is 6.65.